The van der Waals surface area contributed by atoms with Crippen molar-refractivity contribution in [2.45, 2.75) is 6.92 Å². The number of aryl methyl sites for hydroxylation is 1. The molecular weight excluding hydrogens is 189 g/mol. The Balaban J connectivity index is 2.49. The summed E-state index contributed by atoms with van der Waals surface area (Å²) in [6, 6.07) is 12.2. The van der Waals surface area contributed by atoms with Crippen molar-refractivity contribution >= 4 is 5.69 Å². The molecule has 0 radical (unpaired) electrons. The summed E-state index contributed by atoms with van der Waals surface area (Å²) in [6.07, 6.45) is 0. The molecule has 0 aliphatic carbocycles. The highest BCUT2D eigenvalue weighted by molar-refractivity contribution is 5.68. The van der Waals surface area contributed by atoms with Crippen LogP contribution >= 0.6 is 0 Å². The third kappa shape index (κ3) is 2.15. The van der Waals surface area contributed by atoms with Gasteiger partial charge in [0.2, 0.25) is 0 Å². The molecule has 15 heavy (non-hydrogen) atoms. The summed E-state index contributed by atoms with van der Waals surface area (Å²) in [4.78, 5) is 0. The van der Waals surface area contributed by atoms with E-state index in [1.54, 1.807) is 12.1 Å². The van der Waals surface area contributed by atoms with Crippen LogP contribution in [0, 0.1) is 12.7 Å². The summed E-state index contributed by atoms with van der Waals surface area (Å²) in [7, 11) is 0. The summed E-state index contributed by atoms with van der Waals surface area (Å²) < 4.78 is 12.7. The number of anilines is 1. The lowest BCUT2D eigenvalue weighted by molar-refractivity contribution is 0.628. The number of halogens is 1. The molecule has 0 aromatic heterocycles. The van der Waals surface area contributed by atoms with Crippen molar-refractivity contribution in [3.05, 3.63) is 53.8 Å². The van der Waals surface area contributed by atoms with E-state index in [1.165, 1.54) is 12.1 Å². The van der Waals surface area contributed by atoms with Crippen LogP contribution in [0.5, 0.6) is 0 Å². The number of hydrogen-bond donors (Lipinski definition) is 1. The lowest BCUT2D eigenvalue weighted by Crippen LogP contribution is -1.88. The Hall–Kier alpha value is -1.83. The summed E-state index contributed by atoms with van der Waals surface area (Å²) in [5.74, 6) is -0.223. The molecule has 0 amide bonds. The predicted octanol–water partition coefficient (Wildman–Crippen LogP) is 3.38. The molecule has 0 unspecified atom stereocenters. The van der Waals surface area contributed by atoms with Gasteiger partial charge in [0.25, 0.3) is 0 Å². The fraction of sp³-hybridized carbons (Fsp3) is 0.0769. The zero-order valence-corrected chi connectivity index (χ0v) is 8.50. The van der Waals surface area contributed by atoms with Crippen LogP contribution < -0.4 is 5.73 Å². The monoisotopic (exact) mass is 201 g/mol. The Bertz CT molecular complexity index is 454. The van der Waals surface area contributed by atoms with Crippen LogP contribution in [-0.2, 0) is 0 Å². The van der Waals surface area contributed by atoms with Crippen LogP contribution in [0.15, 0.2) is 42.5 Å². The first-order chi connectivity index (χ1) is 7.15. The lowest BCUT2D eigenvalue weighted by atomic mass is 10.0. The lowest BCUT2D eigenvalue weighted by Gasteiger charge is -2.04. The molecule has 0 aliphatic rings. The summed E-state index contributed by atoms with van der Waals surface area (Å²) >= 11 is 0. The third-order valence-corrected chi connectivity index (χ3v) is 2.28. The van der Waals surface area contributed by atoms with Crippen molar-refractivity contribution in [2.24, 2.45) is 0 Å². The Kier molecular flexibility index (Phi) is 2.42. The van der Waals surface area contributed by atoms with Gasteiger partial charge in [-0.1, -0.05) is 18.2 Å². The fourth-order valence-corrected chi connectivity index (χ4v) is 1.62. The van der Waals surface area contributed by atoms with Gasteiger partial charge in [-0.3, -0.25) is 0 Å². The molecular formula is C13H12FN. The Morgan fingerprint density at radius 3 is 2.20 bits per heavy atom. The quantitative estimate of drug-likeness (QED) is 0.703. The van der Waals surface area contributed by atoms with E-state index in [1.807, 2.05) is 25.1 Å². The molecule has 76 valence electrons. The number of rotatable bonds is 1. The van der Waals surface area contributed by atoms with Gasteiger partial charge in [0.05, 0.1) is 0 Å². The third-order valence-electron chi connectivity index (χ3n) is 2.28. The van der Waals surface area contributed by atoms with Gasteiger partial charge in [-0.05, 0) is 47.9 Å². The summed E-state index contributed by atoms with van der Waals surface area (Å²) in [5, 5.41) is 0. The van der Waals surface area contributed by atoms with Crippen molar-refractivity contribution in [1.29, 1.82) is 0 Å². The number of hydrogen-bond acceptors (Lipinski definition) is 1. The van der Waals surface area contributed by atoms with Crippen LogP contribution in [0.1, 0.15) is 5.56 Å². The first kappa shape index (κ1) is 9.71. The smallest absolute Gasteiger partial charge is 0.123 e. The van der Waals surface area contributed by atoms with E-state index in [-0.39, 0.29) is 5.82 Å². The van der Waals surface area contributed by atoms with E-state index in [0.29, 0.717) is 0 Å². The normalized spacial score (nSPS) is 10.3. The van der Waals surface area contributed by atoms with Gasteiger partial charge in [0.1, 0.15) is 5.82 Å². The minimum atomic E-state index is -0.223. The largest absolute Gasteiger partial charge is 0.399 e. The van der Waals surface area contributed by atoms with Gasteiger partial charge in [-0.2, -0.15) is 0 Å². The maximum Gasteiger partial charge on any atom is 0.123 e. The van der Waals surface area contributed by atoms with Gasteiger partial charge in [-0.15, -0.1) is 0 Å². The molecule has 2 rings (SSSR count). The highest BCUT2D eigenvalue weighted by atomic mass is 19.1. The van der Waals surface area contributed by atoms with Gasteiger partial charge in [0, 0.05) is 5.69 Å². The predicted molar refractivity (Wildman–Crippen MR) is 61.0 cm³/mol. The molecule has 2 aromatic rings. The maximum absolute atomic E-state index is 12.7. The van der Waals surface area contributed by atoms with Crippen LogP contribution in [0.4, 0.5) is 10.1 Å². The van der Waals surface area contributed by atoms with Crippen LogP contribution in [0.25, 0.3) is 11.1 Å². The van der Waals surface area contributed by atoms with Crippen molar-refractivity contribution in [3.8, 4) is 11.1 Å². The van der Waals surface area contributed by atoms with Gasteiger partial charge in [0.15, 0.2) is 0 Å². The molecule has 2 N–H and O–H groups in total. The molecule has 0 aliphatic heterocycles. The molecule has 2 aromatic carbocycles. The van der Waals surface area contributed by atoms with Crippen molar-refractivity contribution < 1.29 is 4.39 Å². The molecule has 2 heteroatoms. The van der Waals surface area contributed by atoms with Gasteiger partial charge < -0.3 is 5.73 Å². The summed E-state index contributed by atoms with van der Waals surface area (Å²) in [6.45, 7) is 1.99. The standard InChI is InChI=1S/C13H12FN/c1-9-6-11(8-13(15)7-9)10-2-4-12(14)5-3-10/h2-8H,15H2,1H3. The zero-order chi connectivity index (χ0) is 10.8. The van der Waals surface area contributed by atoms with Crippen molar-refractivity contribution in [1.82, 2.24) is 0 Å². The van der Waals surface area contributed by atoms with Crippen LogP contribution in [0.2, 0.25) is 0 Å². The average molecular weight is 201 g/mol. The Labute approximate surface area is 88.4 Å². The molecule has 0 spiro atoms. The summed E-state index contributed by atoms with van der Waals surface area (Å²) in [5.41, 5.74) is 9.59. The molecule has 1 nitrogen and oxygen atoms in total. The second-order valence-corrected chi connectivity index (χ2v) is 3.64. The van der Waals surface area contributed by atoms with Crippen LogP contribution in [0.3, 0.4) is 0 Å². The number of nitrogens with two attached hydrogens (primary N) is 1. The molecule has 0 saturated carbocycles. The minimum absolute atomic E-state index is 0.223. The number of benzene rings is 2. The van der Waals surface area contributed by atoms with E-state index in [4.69, 9.17) is 5.73 Å². The second kappa shape index (κ2) is 3.73. The topological polar surface area (TPSA) is 26.0 Å². The van der Waals surface area contributed by atoms with Gasteiger partial charge in [-0.25, -0.2) is 4.39 Å². The minimum Gasteiger partial charge on any atom is -0.399 e. The first-order valence-electron chi connectivity index (χ1n) is 4.78. The van der Waals surface area contributed by atoms with Crippen LogP contribution in [-0.4, -0.2) is 0 Å². The van der Waals surface area contributed by atoms with E-state index >= 15 is 0 Å². The highest BCUT2D eigenvalue weighted by Crippen LogP contribution is 2.23. The average Bonchev–Trinajstić information content (AvgIpc) is 2.17. The molecule has 0 heterocycles. The Morgan fingerprint density at radius 2 is 1.60 bits per heavy atom. The van der Waals surface area contributed by atoms with E-state index in [9.17, 15) is 4.39 Å². The highest BCUT2D eigenvalue weighted by Gasteiger charge is 1.99. The molecule has 0 fully saturated rings. The fourth-order valence-electron chi connectivity index (χ4n) is 1.62. The van der Waals surface area contributed by atoms with E-state index in [0.717, 1.165) is 22.4 Å². The van der Waals surface area contributed by atoms with E-state index in [2.05, 4.69) is 0 Å². The Morgan fingerprint density at radius 1 is 0.933 bits per heavy atom. The molecule has 0 atom stereocenters. The first-order valence-corrected chi connectivity index (χ1v) is 4.78. The van der Waals surface area contributed by atoms with Crippen molar-refractivity contribution in [2.75, 3.05) is 5.73 Å². The van der Waals surface area contributed by atoms with E-state index < -0.39 is 0 Å². The molecule has 0 bridgehead atoms. The van der Waals surface area contributed by atoms with Crippen molar-refractivity contribution in [3.63, 3.8) is 0 Å². The molecule has 0 saturated heterocycles. The SMILES string of the molecule is Cc1cc(N)cc(-c2ccc(F)cc2)c1. The maximum atomic E-state index is 12.7. The number of nitrogen functional groups attached to an aromatic ring is 1. The second-order valence-electron chi connectivity index (χ2n) is 3.64. The zero-order valence-electron chi connectivity index (χ0n) is 8.50. The van der Waals surface area contributed by atoms with Gasteiger partial charge >= 0.3 is 0 Å².